The van der Waals surface area contributed by atoms with Crippen molar-refractivity contribution in [2.75, 3.05) is 26.7 Å². The van der Waals surface area contributed by atoms with E-state index >= 15 is 0 Å². The van der Waals surface area contributed by atoms with Crippen LogP contribution in [0.2, 0.25) is 0 Å². The van der Waals surface area contributed by atoms with Crippen molar-refractivity contribution in [1.29, 1.82) is 0 Å². The Kier molecular flexibility index (Phi) is 5.58. The fourth-order valence-electron chi connectivity index (χ4n) is 2.18. The van der Waals surface area contributed by atoms with Crippen LogP contribution in [0.5, 0.6) is 0 Å². The first-order chi connectivity index (χ1) is 7.17. The lowest BCUT2D eigenvalue weighted by atomic mass is 9.93. The number of hydrogen-bond acceptors (Lipinski definition) is 3. The third-order valence-electron chi connectivity index (χ3n) is 3.57. The van der Waals surface area contributed by atoms with Gasteiger partial charge in [-0.3, -0.25) is 0 Å². The zero-order valence-corrected chi connectivity index (χ0v) is 10.4. The first-order valence-electron chi connectivity index (χ1n) is 6.19. The maximum Gasteiger partial charge on any atom is 0.0575 e. The van der Waals surface area contributed by atoms with Crippen molar-refractivity contribution in [2.45, 2.75) is 45.3 Å². The van der Waals surface area contributed by atoms with Gasteiger partial charge < -0.3 is 15.4 Å². The van der Waals surface area contributed by atoms with Gasteiger partial charge >= 0.3 is 0 Å². The van der Waals surface area contributed by atoms with Crippen molar-refractivity contribution in [3.05, 3.63) is 0 Å². The average molecular weight is 214 g/mol. The van der Waals surface area contributed by atoms with E-state index in [0.717, 1.165) is 32.0 Å². The molecule has 0 bridgehead atoms. The molecule has 1 heterocycles. The van der Waals surface area contributed by atoms with Crippen LogP contribution in [0.15, 0.2) is 0 Å². The van der Waals surface area contributed by atoms with E-state index in [-0.39, 0.29) is 0 Å². The van der Waals surface area contributed by atoms with Gasteiger partial charge in [0, 0.05) is 25.7 Å². The van der Waals surface area contributed by atoms with Gasteiger partial charge in [-0.1, -0.05) is 6.92 Å². The summed E-state index contributed by atoms with van der Waals surface area (Å²) in [6.07, 6.45) is 4.06. The highest BCUT2D eigenvalue weighted by Crippen LogP contribution is 2.23. The molecule has 15 heavy (non-hydrogen) atoms. The monoisotopic (exact) mass is 214 g/mol. The fourth-order valence-corrected chi connectivity index (χ4v) is 2.18. The van der Waals surface area contributed by atoms with Gasteiger partial charge in [0.2, 0.25) is 0 Å². The highest BCUT2D eigenvalue weighted by atomic mass is 16.5. The molecule has 0 aromatic rings. The quantitative estimate of drug-likeness (QED) is 0.753. The van der Waals surface area contributed by atoms with Gasteiger partial charge in [-0.15, -0.1) is 0 Å². The Labute approximate surface area is 94.0 Å². The van der Waals surface area contributed by atoms with Crippen LogP contribution >= 0.6 is 0 Å². The first-order valence-corrected chi connectivity index (χ1v) is 6.19. The summed E-state index contributed by atoms with van der Waals surface area (Å²) < 4.78 is 5.68. The lowest BCUT2D eigenvalue weighted by molar-refractivity contribution is -0.0179. The molecule has 0 radical (unpaired) electrons. The molecule has 3 heteroatoms. The standard InChI is InChI=1S/C12H26N2O/c1-4-12-7-11(5-6-15-12)9-14(3)10(2)8-13/h10-12H,4-9,13H2,1-3H3. The smallest absolute Gasteiger partial charge is 0.0575 e. The van der Waals surface area contributed by atoms with Crippen LogP contribution in [-0.2, 0) is 4.74 Å². The SMILES string of the molecule is CCC1CC(CN(C)C(C)CN)CCO1. The molecule has 90 valence electrons. The Bertz CT molecular complexity index is 175. The molecule has 0 amide bonds. The molecule has 0 aromatic heterocycles. The van der Waals surface area contributed by atoms with Crippen molar-refractivity contribution >= 4 is 0 Å². The minimum Gasteiger partial charge on any atom is -0.378 e. The molecule has 1 rings (SSSR count). The third-order valence-corrected chi connectivity index (χ3v) is 3.57. The van der Waals surface area contributed by atoms with Crippen molar-refractivity contribution in [3.8, 4) is 0 Å². The van der Waals surface area contributed by atoms with E-state index in [1.54, 1.807) is 0 Å². The Morgan fingerprint density at radius 3 is 2.87 bits per heavy atom. The van der Waals surface area contributed by atoms with Crippen LogP contribution in [0, 0.1) is 5.92 Å². The highest BCUT2D eigenvalue weighted by molar-refractivity contribution is 4.75. The van der Waals surface area contributed by atoms with Gasteiger partial charge in [-0.2, -0.15) is 0 Å². The van der Waals surface area contributed by atoms with E-state index in [9.17, 15) is 0 Å². The van der Waals surface area contributed by atoms with E-state index < -0.39 is 0 Å². The van der Waals surface area contributed by atoms with Crippen LogP contribution in [0.25, 0.3) is 0 Å². The number of likely N-dealkylation sites (N-methyl/N-ethyl adjacent to an activating group) is 1. The molecule has 1 fully saturated rings. The molecule has 0 aliphatic carbocycles. The molecule has 3 nitrogen and oxygen atoms in total. The molecule has 3 unspecified atom stereocenters. The molecular formula is C12H26N2O. The molecule has 1 aliphatic rings. The predicted molar refractivity (Wildman–Crippen MR) is 63.9 cm³/mol. The van der Waals surface area contributed by atoms with Crippen molar-refractivity contribution in [1.82, 2.24) is 4.90 Å². The van der Waals surface area contributed by atoms with Crippen molar-refractivity contribution in [2.24, 2.45) is 11.7 Å². The van der Waals surface area contributed by atoms with Gasteiger partial charge in [-0.25, -0.2) is 0 Å². The summed E-state index contributed by atoms with van der Waals surface area (Å²) in [4.78, 5) is 2.38. The van der Waals surface area contributed by atoms with Crippen LogP contribution in [0.3, 0.4) is 0 Å². The maximum absolute atomic E-state index is 5.68. The Hall–Kier alpha value is -0.120. The van der Waals surface area contributed by atoms with Gasteiger partial charge in [-0.05, 0) is 39.2 Å². The number of ether oxygens (including phenoxy) is 1. The number of rotatable bonds is 5. The van der Waals surface area contributed by atoms with Crippen molar-refractivity contribution in [3.63, 3.8) is 0 Å². The number of hydrogen-bond donors (Lipinski definition) is 1. The van der Waals surface area contributed by atoms with Crippen molar-refractivity contribution < 1.29 is 4.74 Å². The summed E-state index contributed by atoms with van der Waals surface area (Å²) in [6.45, 7) is 7.25. The van der Waals surface area contributed by atoms with Crippen LogP contribution in [0.1, 0.15) is 33.1 Å². The molecule has 0 spiro atoms. The zero-order valence-electron chi connectivity index (χ0n) is 10.4. The summed E-state index contributed by atoms with van der Waals surface area (Å²) in [6, 6.07) is 0.493. The van der Waals surface area contributed by atoms with Crippen LogP contribution in [0.4, 0.5) is 0 Å². The van der Waals surface area contributed by atoms with Gasteiger partial charge in [0.25, 0.3) is 0 Å². The molecular weight excluding hydrogens is 188 g/mol. The van der Waals surface area contributed by atoms with E-state index in [0.29, 0.717) is 12.1 Å². The second-order valence-corrected chi connectivity index (χ2v) is 4.82. The van der Waals surface area contributed by atoms with Gasteiger partial charge in [0.1, 0.15) is 0 Å². The van der Waals surface area contributed by atoms with Crippen LogP contribution < -0.4 is 5.73 Å². The van der Waals surface area contributed by atoms with E-state index in [1.165, 1.54) is 12.8 Å². The van der Waals surface area contributed by atoms with Gasteiger partial charge in [0.05, 0.1) is 6.10 Å². The normalized spacial score (nSPS) is 29.4. The first kappa shape index (κ1) is 12.9. The molecule has 1 aliphatic heterocycles. The summed E-state index contributed by atoms with van der Waals surface area (Å²) in [5, 5.41) is 0. The average Bonchev–Trinajstić information content (AvgIpc) is 2.28. The molecule has 2 N–H and O–H groups in total. The zero-order chi connectivity index (χ0) is 11.3. The summed E-state index contributed by atoms with van der Waals surface area (Å²) in [5.41, 5.74) is 5.67. The minimum absolute atomic E-state index is 0.491. The molecule has 0 saturated carbocycles. The highest BCUT2D eigenvalue weighted by Gasteiger charge is 2.23. The lowest BCUT2D eigenvalue weighted by Crippen LogP contribution is -2.40. The summed E-state index contributed by atoms with van der Waals surface area (Å²) >= 11 is 0. The topological polar surface area (TPSA) is 38.5 Å². The molecule has 0 aromatic carbocycles. The second-order valence-electron chi connectivity index (χ2n) is 4.82. The third kappa shape index (κ3) is 4.09. The van der Waals surface area contributed by atoms with Crippen LogP contribution in [-0.4, -0.2) is 43.8 Å². The maximum atomic E-state index is 5.68. The van der Waals surface area contributed by atoms with E-state index in [1.807, 2.05) is 0 Å². The Balaban J connectivity index is 2.31. The Morgan fingerprint density at radius 1 is 1.53 bits per heavy atom. The largest absolute Gasteiger partial charge is 0.378 e. The van der Waals surface area contributed by atoms with Gasteiger partial charge in [0.15, 0.2) is 0 Å². The summed E-state index contributed by atoms with van der Waals surface area (Å²) in [5.74, 6) is 0.794. The molecule has 1 saturated heterocycles. The van der Waals surface area contributed by atoms with E-state index in [2.05, 4.69) is 25.8 Å². The minimum atomic E-state index is 0.491. The molecule has 3 atom stereocenters. The lowest BCUT2D eigenvalue weighted by Gasteiger charge is -2.33. The predicted octanol–water partition coefficient (Wildman–Crippen LogP) is 1.47. The number of nitrogens with zero attached hydrogens (tertiary/aromatic N) is 1. The number of nitrogens with two attached hydrogens (primary N) is 1. The second kappa shape index (κ2) is 6.46. The summed E-state index contributed by atoms with van der Waals surface area (Å²) in [7, 11) is 2.17. The van der Waals surface area contributed by atoms with E-state index in [4.69, 9.17) is 10.5 Å². The fraction of sp³-hybridized carbons (Fsp3) is 1.00. The Morgan fingerprint density at radius 2 is 2.27 bits per heavy atom.